The zero-order valence-corrected chi connectivity index (χ0v) is 13.2. The molecule has 2 aromatic carbocycles. The molecule has 0 bridgehead atoms. The normalized spacial score (nSPS) is 15.5. The van der Waals surface area contributed by atoms with Crippen molar-refractivity contribution in [1.82, 2.24) is 0 Å². The summed E-state index contributed by atoms with van der Waals surface area (Å²) in [6.45, 7) is 2.19. The van der Waals surface area contributed by atoms with Crippen LogP contribution in [0.2, 0.25) is 0 Å². The van der Waals surface area contributed by atoms with Crippen LogP contribution in [0.1, 0.15) is 18.4 Å². The number of halogens is 1. The third-order valence-corrected chi connectivity index (χ3v) is 4.27. The number of anilines is 1. The van der Waals surface area contributed by atoms with Gasteiger partial charge in [0.2, 0.25) is 0 Å². The van der Waals surface area contributed by atoms with Crippen LogP contribution in [0.4, 0.5) is 15.8 Å². The van der Waals surface area contributed by atoms with Gasteiger partial charge >= 0.3 is 0 Å². The highest BCUT2D eigenvalue weighted by Crippen LogP contribution is 2.24. The smallest absolute Gasteiger partial charge is 0.269 e. The van der Waals surface area contributed by atoms with Gasteiger partial charge in [0.05, 0.1) is 17.6 Å². The first-order valence-electron chi connectivity index (χ1n) is 7.97. The Hall–Kier alpha value is -2.47. The van der Waals surface area contributed by atoms with Crippen LogP contribution in [-0.4, -0.2) is 24.1 Å². The maximum absolute atomic E-state index is 12.9. The number of benzene rings is 2. The molecule has 24 heavy (non-hydrogen) atoms. The largest absolute Gasteiger partial charge is 0.373 e. The van der Waals surface area contributed by atoms with Gasteiger partial charge in [-0.1, -0.05) is 12.1 Å². The summed E-state index contributed by atoms with van der Waals surface area (Å²) in [5, 5.41) is 10.7. The summed E-state index contributed by atoms with van der Waals surface area (Å²) >= 11 is 0. The number of piperidine rings is 1. The van der Waals surface area contributed by atoms with Gasteiger partial charge in [-0.3, -0.25) is 10.1 Å². The van der Waals surface area contributed by atoms with Crippen LogP contribution < -0.4 is 4.90 Å². The standard InChI is InChI=1S/C18H19FN2O3/c19-15-3-1-14(2-4-15)13-24-18-9-11-20(12-10-18)16-5-7-17(8-6-16)21(22)23/h1-8,18H,9-13H2. The predicted molar refractivity (Wildman–Crippen MR) is 89.5 cm³/mol. The molecular formula is C18H19FN2O3. The summed E-state index contributed by atoms with van der Waals surface area (Å²) in [5.74, 6) is -0.241. The first-order chi connectivity index (χ1) is 11.6. The fourth-order valence-corrected chi connectivity index (χ4v) is 2.86. The van der Waals surface area contributed by atoms with E-state index in [0.29, 0.717) is 6.61 Å². The Kier molecular flexibility index (Phi) is 5.05. The first kappa shape index (κ1) is 16.4. The average molecular weight is 330 g/mol. The Morgan fingerprint density at radius 2 is 1.71 bits per heavy atom. The van der Waals surface area contributed by atoms with E-state index in [-0.39, 0.29) is 22.5 Å². The van der Waals surface area contributed by atoms with Gasteiger partial charge in [-0.05, 0) is 42.7 Å². The highest BCUT2D eigenvalue weighted by Gasteiger charge is 2.20. The van der Waals surface area contributed by atoms with Gasteiger partial charge in [0.25, 0.3) is 5.69 Å². The molecule has 1 heterocycles. The maximum Gasteiger partial charge on any atom is 0.269 e. The van der Waals surface area contributed by atoms with E-state index < -0.39 is 0 Å². The average Bonchev–Trinajstić information content (AvgIpc) is 2.62. The Bertz CT molecular complexity index is 680. The van der Waals surface area contributed by atoms with Crippen molar-refractivity contribution in [3.63, 3.8) is 0 Å². The summed E-state index contributed by atoms with van der Waals surface area (Å²) in [5.41, 5.74) is 2.07. The lowest BCUT2D eigenvalue weighted by Crippen LogP contribution is -2.36. The molecule has 0 atom stereocenters. The second-order valence-corrected chi connectivity index (χ2v) is 5.90. The van der Waals surface area contributed by atoms with Gasteiger partial charge in [-0.25, -0.2) is 4.39 Å². The van der Waals surface area contributed by atoms with Crippen LogP contribution >= 0.6 is 0 Å². The lowest BCUT2D eigenvalue weighted by Gasteiger charge is -2.33. The van der Waals surface area contributed by atoms with Gasteiger partial charge in [-0.15, -0.1) is 0 Å². The van der Waals surface area contributed by atoms with E-state index in [9.17, 15) is 14.5 Å². The Morgan fingerprint density at radius 3 is 2.29 bits per heavy atom. The van der Waals surface area contributed by atoms with Crippen molar-refractivity contribution < 1.29 is 14.1 Å². The molecule has 0 unspecified atom stereocenters. The lowest BCUT2D eigenvalue weighted by molar-refractivity contribution is -0.384. The molecule has 0 N–H and O–H groups in total. The van der Waals surface area contributed by atoms with Crippen LogP contribution in [0.3, 0.4) is 0 Å². The first-order valence-corrected chi connectivity index (χ1v) is 7.97. The minimum atomic E-state index is -0.390. The minimum absolute atomic E-state index is 0.108. The van der Waals surface area contributed by atoms with Crippen molar-refractivity contribution in [3.8, 4) is 0 Å². The Labute approximate surface area is 139 Å². The second kappa shape index (κ2) is 7.40. The quantitative estimate of drug-likeness (QED) is 0.616. The molecule has 1 aliphatic rings. The zero-order valence-electron chi connectivity index (χ0n) is 13.2. The molecule has 1 aliphatic heterocycles. The van der Waals surface area contributed by atoms with E-state index in [0.717, 1.165) is 37.2 Å². The van der Waals surface area contributed by atoms with Crippen LogP contribution in [0.25, 0.3) is 0 Å². The van der Waals surface area contributed by atoms with Gasteiger partial charge < -0.3 is 9.64 Å². The topological polar surface area (TPSA) is 55.6 Å². The van der Waals surface area contributed by atoms with E-state index in [4.69, 9.17) is 4.74 Å². The van der Waals surface area contributed by atoms with Crippen molar-refractivity contribution in [2.24, 2.45) is 0 Å². The molecule has 1 fully saturated rings. The molecule has 0 aromatic heterocycles. The predicted octanol–water partition coefficient (Wildman–Crippen LogP) is 3.92. The molecule has 0 amide bonds. The summed E-state index contributed by atoms with van der Waals surface area (Å²) in [6.07, 6.45) is 1.99. The molecule has 1 saturated heterocycles. The molecule has 2 aromatic rings. The lowest BCUT2D eigenvalue weighted by atomic mass is 10.1. The summed E-state index contributed by atoms with van der Waals surface area (Å²) in [4.78, 5) is 12.5. The summed E-state index contributed by atoms with van der Waals surface area (Å²) < 4.78 is 18.8. The van der Waals surface area contributed by atoms with E-state index in [2.05, 4.69) is 4.90 Å². The van der Waals surface area contributed by atoms with Crippen LogP contribution in [0.5, 0.6) is 0 Å². The Balaban J connectivity index is 1.48. The molecule has 0 radical (unpaired) electrons. The molecule has 0 spiro atoms. The Morgan fingerprint density at radius 1 is 1.08 bits per heavy atom. The van der Waals surface area contributed by atoms with E-state index in [1.807, 2.05) is 0 Å². The number of hydrogen-bond acceptors (Lipinski definition) is 4. The van der Waals surface area contributed by atoms with Gasteiger partial charge in [0.15, 0.2) is 0 Å². The monoisotopic (exact) mass is 330 g/mol. The second-order valence-electron chi connectivity index (χ2n) is 5.90. The third kappa shape index (κ3) is 4.08. The minimum Gasteiger partial charge on any atom is -0.373 e. The molecule has 126 valence electrons. The van der Waals surface area contributed by atoms with Crippen molar-refractivity contribution in [2.75, 3.05) is 18.0 Å². The molecule has 0 saturated carbocycles. The van der Waals surface area contributed by atoms with E-state index in [1.54, 1.807) is 24.3 Å². The third-order valence-electron chi connectivity index (χ3n) is 4.27. The number of nitro benzene ring substituents is 1. The van der Waals surface area contributed by atoms with Crippen LogP contribution in [-0.2, 0) is 11.3 Å². The van der Waals surface area contributed by atoms with Crippen molar-refractivity contribution in [1.29, 1.82) is 0 Å². The fraction of sp³-hybridized carbons (Fsp3) is 0.333. The van der Waals surface area contributed by atoms with Crippen molar-refractivity contribution >= 4 is 11.4 Å². The fourth-order valence-electron chi connectivity index (χ4n) is 2.86. The highest BCUT2D eigenvalue weighted by molar-refractivity contribution is 5.51. The SMILES string of the molecule is O=[N+]([O-])c1ccc(N2CCC(OCc3ccc(F)cc3)CC2)cc1. The maximum atomic E-state index is 12.9. The zero-order chi connectivity index (χ0) is 16.9. The molecule has 3 rings (SSSR count). The summed E-state index contributed by atoms with van der Waals surface area (Å²) in [6, 6.07) is 13.0. The van der Waals surface area contributed by atoms with Gasteiger partial charge in [0.1, 0.15) is 5.82 Å². The number of non-ortho nitro benzene ring substituents is 1. The highest BCUT2D eigenvalue weighted by atomic mass is 19.1. The van der Waals surface area contributed by atoms with E-state index in [1.165, 1.54) is 24.3 Å². The van der Waals surface area contributed by atoms with Gasteiger partial charge in [-0.2, -0.15) is 0 Å². The molecule has 0 aliphatic carbocycles. The van der Waals surface area contributed by atoms with Crippen LogP contribution in [0.15, 0.2) is 48.5 Å². The van der Waals surface area contributed by atoms with Crippen molar-refractivity contribution in [3.05, 3.63) is 70.0 Å². The van der Waals surface area contributed by atoms with Crippen LogP contribution in [0, 0.1) is 15.9 Å². The number of rotatable bonds is 5. The molecule has 5 nitrogen and oxygen atoms in total. The number of nitro groups is 1. The molecule has 6 heteroatoms. The van der Waals surface area contributed by atoms with Crippen molar-refractivity contribution in [2.45, 2.75) is 25.6 Å². The number of hydrogen-bond donors (Lipinski definition) is 0. The van der Waals surface area contributed by atoms with E-state index >= 15 is 0 Å². The summed E-state index contributed by atoms with van der Waals surface area (Å²) in [7, 11) is 0. The number of ether oxygens (including phenoxy) is 1. The number of nitrogens with zero attached hydrogens (tertiary/aromatic N) is 2. The molecular weight excluding hydrogens is 311 g/mol. The van der Waals surface area contributed by atoms with Gasteiger partial charge in [0, 0.05) is 30.9 Å².